The summed E-state index contributed by atoms with van der Waals surface area (Å²) >= 11 is 2.81. The van der Waals surface area contributed by atoms with E-state index >= 15 is 0 Å². The fraction of sp³-hybridized carbons (Fsp3) is 0.483. The molecule has 6 rings (SSSR count). The Morgan fingerprint density at radius 2 is 1.60 bits per heavy atom. The summed E-state index contributed by atoms with van der Waals surface area (Å²) in [6.45, 7) is 2.37. The first-order valence-corrected chi connectivity index (χ1v) is 14.7. The van der Waals surface area contributed by atoms with Gasteiger partial charge < -0.3 is 14.3 Å². The molecule has 184 valence electrons. The van der Waals surface area contributed by atoms with Gasteiger partial charge in [-0.15, -0.1) is 22.7 Å². The molecule has 0 amide bonds. The lowest BCUT2D eigenvalue weighted by molar-refractivity contribution is -0.942. The van der Waals surface area contributed by atoms with Crippen LogP contribution in [0.15, 0.2) is 65.4 Å². The zero-order valence-electron chi connectivity index (χ0n) is 20.2. The summed E-state index contributed by atoms with van der Waals surface area (Å²) in [5, 5.41) is 15.5. The van der Waals surface area contributed by atoms with E-state index in [0.29, 0.717) is 33.5 Å². The number of carbonyl (C=O) groups excluding carboxylic acids is 1. The SMILES string of the molecule is C[N+]1([C@H]2[C@H]3CC[C@@H]2[C@H](OC(=O)C(O)(c2cccs2)c2cccs2)C3)CCC(c2ccccc2)CC1. The molecule has 6 heteroatoms. The van der Waals surface area contributed by atoms with Gasteiger partial charge >= 0.3 is 5.97 Å². The molecule has 2 aromatic heterocycles. The fourth-order valence-corrected chi connectivity index (χ4v) is 9.08. The molecule has 2 aliphatic carbocycles. The average molecular weight is 509 g/mol. The summed E-state index contributed by atoms with van der Waals surface area (Å²) in [6, 6.07) is 18.9. The lowest BCUT2D eigenvalue weighted by Crippen LogP contribution is -2.58. The number of esters is 1. The van der Waals surface area contributed by atoms with E-state index in [1.807, 2.05) is 35.0 Å². The van der Waals surface area contributed by atoms with Gasteiger partial charge in [0, 0.05) is 24.7 Å². The number of thiophene rings is 2. The smallest absolute Gasteiger partial charge is 0.349 e. The van der Waals surface area contributed by atoms with Crippen molar-refractivity contribution < 1.29 is 19.1 Å². The lowest BCUT2D eigenvalue weighted by Gasteiger charge is -2.47. The van der Waals surface area contributed by atoms with Gasteiger partial charge in [-0.2, -0.15) is 0 Å². The van der Waals surface area contributed by atoms with Gasteiger partial charge in [0.2, 0.25) is 5.60 Å². The zero-order chi connectivity index (χ0) is 24.0. The Morgan fingerprint density at radius 1 is 0.943 bits per heavy atom. The van der Waals surface area contributed by atoms with Crippen LogP contribution in [0.3, 0.4) is 0 Å². The van der Waals surface area contributed by atoms with Crippen molar-refractivity contribution in [3.8, 4) is 0 Å². The predicted molar refractivity (Wildman–Crippen MR) is 140 cm³/mol. The van der Waals surface area contributed by atoms with Crippen molar-refractivity contribution in [1.82, 2.24) is 0 Å². The molecule has 0 spiro atoms. The minimum atomic E-state index is -1.72. The van der Waals surface area contributed by atoms with Crippen LogP contribution in [0.5, 0.6) is 0 Å². The number of carbonyl (C=O) groups is 1. The molecule has 0 radical (unpaired) electrons. The van der Waals surface area contributed by atoms with Gasteiger partial charge in [0.1, 0.15) is 6.10 Å². The van der Waals surface area contributed by atoms with Crippen LogP contribution in [0.1, 0.15) is 53.3 Å². The second-order valence-electron chi connectivity index (χ2n) is 10.9. The molecule has 1 aliphatic heterocycles. The molecular formula is C29H34NO3S2+. The Morgan fingerprint density at radius 3 is 2.20 bits per heavy atom. The molecule has 3 heterocycles. The monoisotopic (exact) mass is 508 g/mol. The van der Waals surface area contributed by atoms with Gasteiger partial charge in [0.05, 0.1) is 35.9 Å². The summed E-state index contributed by atoms with van der Waals surface area (Å²) < 4.78 is 7.33. The highest BCUT2D eigenvalue weighted by Gasteiger charge is 2.59. The van der Waals surface area contributed by atoms with Gasteiger partial charge in [-0.1, -0.05) is 42.5 Å². The number of piperidine rings is 1. The molecule has 1 aromatic carbocycles. The molecule has 2 bridgehead atoms. The molecule has 4 nitrogen and oxygen atoms in total. The first kappa shape index (κ1) is 23.4. The molecule has 2 saturated carbocycles. The number of nitrogens with zero attached hydrogens (tertiary/aromatic N) is 1. The number of ether oxygens (including phenoxy) is 1. The third-order valence-corrected chi connectivity index (χ3v) is 11.0. The summed E-state index contributed by atoms with van der Waals surface area (Å²) in [7, 11) is 2.44. The Labute approximate surface area is 215 Å². The first-order valence-electron chi connectivity index (χ1n) is 12.9. The zero-order valence-corrected chi connectivity index (χ0v) is 21.8. The van der Waals surface area contributed by atoms with Crippen molar-refractivity contribution in [1.29, 1.82) is 0 Å². The molecule has 1 N–H and O–H groups in total. The van der Waals surface area contributed by atoms with Crippen LogP contribution in [-0.2, 0) is 15.1 Å². The van der Waals surface area contributed by atoms with Gasteiger partial charge in [-0.3, -0.25) is 0 Å². The minimum absolute atomic E-state index is 0.0977. The highest BCUT2D eigenvalue weighted by Crippen LogP contribution is 2.52. The molecule has 3 fully saturated rings. The second-order valence-corrected chi connectivity index (χ2v) is 12.8. The van der Waals surface area contributed by atoms with Crippen LogP contribution < -0.4 is 0 Å². The summed E-state index contributed by atoms with van der Waals surface area (Å²) in [5.74, 6) is 1.14. The number of benzene rings is 1. The Kier molecular flexibility index (Phi) is 6.12. The third kappa shape index (κ3) is 3.99. The molecule has 4 atom stereocenters. The van der Waals surface area contributed by atoms with Crippen LogP contribution in [-0.4, -0.2) is 47.8 Å². The third-order valence-electron chi connectivity index (χ3n) is 9.08. The fourth-order valence-electron chi connectivity index (χ4n) is 7.37. The number of quaternary nitrogens is 1. The van der Waals surface area contributed by atoms with E-state index in [-0.39, 0.29) is 6.10 Å². The van der Waals surface area contributed by atoms with Crippen LogP contribution in [0, 0.1) is 11.8 Å². The van der Waals surface area contributed by atoms with E-state index in [9.17, 15) is 9.90 Å². The van der Waals surface area contributed by atoms with E-state index in [1.165, 1.54) is 60.6 Å². The molecule has 35 heavy (non-hydrogen) atoms. The first-order chi connectivity index (χ1) is 17.0. The molecule has 3 aromatic rings. The molecule has 3 aliphatic rings. The van der Waals surface area contributed by atoms with Crippen LogP contribution in [0.2, 0.25) is 0 Å². The number of likely N-dealkylation sites (tertiary alicyclic amines) is 1. The maximum atomic E-state index is 13.6. The summed E-state index contributed by atoms with van der Waals surface area (Å²) in [4.78, 5) is 14.9. The van der Waals surface area contributed by atoms with Gasteiger partial charge in [0.15, 0.2) is 0 Å². The van der Waals surface area contributed by atoms with Crippen molar-refractivity contribution in [3.63, 3.8) is 0 Å². The van der Waals surface area contributed by atoms with Crippen molar-refractivity contribution in [2.45, 2.75) is 55.8 Å². The maximum Gasteiger partial charge on any atom is 0.349 e. The maximum absolute atomic E-state index is 13.6. The Balaban J connectivity index is 1.18. The van der Waals surface area contributed by atoms with Crippen LogP contribution >= 0.6 is 22.7 Å². The van der Waals surface area contributed by atoms with E-state index in [1.54, 1.807) is 0 Å². The quantitative estimate of drug-likeness (QED) is 0.339. The Bertz CT molecular complexity index is 1100. The Hall–Kier alpha value is -1.99. The van der Waals surface area contributed by atoms with E-state index in [2.05, 4.69) is 37.4 Å². The number of rotatable bonds is 6. The molecule has 1 saturated heterocycles. The number of aliphatic hydroxyl groups is 1. The van der Waals surface area contributed by atoms with Crippen molar-refractivity contribution in [2.24, 2.45) is 11.8 Å². The van der Waals surface area contributed by atoms with Crippen LogP contribution in [0.25, 0.3) is 0 Å². The highest BCUT2D eigenvalue weighted by atomic mass is 32.1. The number of hydrogen-bond acceptors (Lipinski definition) is 5. The highest BCUT2D eigenvalue weighted by molar-refractivity contribution is 7.12. The number of fused-ring (bicyclic) bond motifs is 2. The predicted octanol–water partition coefficient (Wildman–Crippen LogP) is 5.78. The van der Waals surface area contributed by atoms with Crippen LogP contribution in [0.4, 0.5) is 0 Å². The van der Waals surface area contributed by atoms with E-state index in [0.717, 1.165) is 17.3 Å². The standard InChI is InChI=1S/C29H34NO3S2/c1-30(15-13-21(14-16-30)20-7-3-2-4-8-20)27-22-11-12-23(27)24(19-22)33-28(31)29(32,25-9-5-17-34-25)26-10-6-18-35-26/h2-10,17-18,21-24,27,32H,11-16,19H2,1H3/q+1/t21?,22-,23+,24+,27-,30?/m0/s1. The molecule has 0 unspecified atom stereocenters. The average Bonchev–Trinajstić information content (AvgIpc) is 3.69. The number of hydrogen-bond donors (Lipinski definition) is 1. The van der Waals surface area contributed by atoms with Crippen molar-refractivity contribution in [2.75, 3.05) is 20.1 Å². The largest absolute Gasteiger partial charge is 0.459 e. The van der Waals surface area contributed by atoms with Gasteiger partial charge in [0.25, 0.3) is 0 Å². The van der Waals surface area contributed by atoms with E-state index < -0.39 is 11.6 Å². The lowest BCUT2D eigenvalue weighted by atomic mass is 9.86. The summed E-state index contributed by atoms with van der Waals surface area (Å²) in [5.41, 5.74) is -0.243. The second kappa shape index (κ2) is 9.15. The van der Waals surface area contributed by atoms with E-state index in [4.69, 9.17) is 4.74 Å². The van der Waals surface area contributed by atoms with Gasteiger partial charge in [-0.25, -0.2) is 4.79 Å². The van der Waals surface area contributed by atoms with Gasteiger partial charge in [-0.05, 0) is 53.6 Å². The summed E-state index contributed by atoms with van der Waals surface area (Å²) in [6.07, 6.45) is 5.63. The minimum Gasteiger partial charge on any atom is -0.459 e. The normalized spacial score (nSPS) is 32.6. The molecular weight excluding hydrogens is 474 g/mol. The van der Waals surface area contributed by atoms with Crippen molar-refractivity contribution >= 4 is 28.6 Å². The van der Waals surface area contributed by atoms with Crippen molar-refractivity contribution in [3.05, 3.63) is 80.7 Å². The topological polar surface area (TPSA) is 46.5 Å².